The zero-order chi connectivity index (χ0) is 11.2. The lowest BCUT2D eigenvalue weighted by molar-refractivity contribution is 0.0594. The van der Waals surface area contributed by atoms with E-state index in [9.17, 15) is 0 Å². The quantitative estimate of drug-likeness (QED) is 0.831. The van der Waals surface area contributed by atoms with Crippen molar-refractivity contribution < 1.29 is 4.74 Å². The van der Waals surface area contributed by atoms with Gasteiger partial charge in [-0.05, 0) is 25.2 Å². The minimum atomic E-state index is 0.639. The fourth-order valence-electron chi connectivity index (χ4n) is 2.10. The average Bonchev–Trinajstić information content (AvgIpc) is 2.76. The molecule has 0 saturated carbocycles. The third kappa shape index (κ3) is 2.98. The summed E-state index contributed by atoms with van der Waals surface area (Å²) in [6.45, 7) is 6.01. The first-order chi connectivity index (χ1) is 7.90. The van der Waals surface area contributed by atoms with E-state index in [1.165, 1.54) is 12.8 Å². The minimum Gasteiger partial charge on any atom is -0.381 e. The van der Waals surface area contributed by atoms with E-state index in [2.05, 4.69) is 21.8 Å². The first-order valence-corrected chi connectivity index (χ1v) is 6.23. The molecule has 90 valence electrons. The number of nitrogens with zero attached hydrogens (tertiary/aromatic N) is 2. The maximum atomic E-state index is 5.46. The van der Waals surface area contributed by atoms with Crippen LogP contribution in [0.3, 0.4) is 0 Å². The molecule has 1 fully saturated rings. The first-order valence-electron chi connectivity index (χ1n) is 6.23. The third-order valence-corrected chi connectivity index (χ3v) is 2.98. The average molecular weight is 223 g/mol. The van der Waals surface area contributed by atoms with Crippen molar-refractivity contribution in [2.24, 2.45) is 5.92 Å². The molecule has 4 nitrogen and oxygen atoms in total. The normalized spacial score (nSPS) is 20.9. The van der Waals surface area contributed by atoms with Crippen molar-refractivity contribution in [3.05, 3.63) is 12.4 Å². The van der Waals surface area contributed by atoms with Gasteiger partial charge in [-0.3, -0.25) is 0 Å². The van der Waals surface area contributed by atoms with Gasteiger partial charge in [-0.25, -0.2) is 4.98 Å². The zero-order valence-electron chi connectivity index (χ0n) is 9.98. The highest BCUT2D eigenvalue weighted by Crippen LogP contribution is 2.14. The molecule has 16 heavy (non-hydrogen) atoms. The predicted molar refractivity (Wildman–Crippen MR) is 64.6 cm³/mol. The van der Waals surface area contributed by atoms with Gasteiger partial charge >= 0.3 is 0 Å². The molecule has 1 aliphatic heterocycles. The summed E-state index contributed by atoms with van der Waals surface area (Å²) in [5.74, 6) is 1.63. The van der Waals surface area contributed by atoms with Crippen LogP contribution < -0.4 is 5.32 Å². The van der Waals surface area contributed by atoms with Gasteiger partial charge in [0.05, 0.1) is 6.61 Å². The maximum absolute atomic E-state index is 5.46. The zero-order valence-corrected chi connectivity index (χ0v) is 9.98. The molecule has 0 amide bonds. The van der Waals surface area contributed by atoms with Crippen LogP contribution in [-0.2, 0) is 11.3 Å². The van der Waals surface area contributed by atoms with E-state index in [4.69, 9.17) is 4.74 Å². The van der Waals surface area contributed by atoms with Gasteiger partial charge in [-0.15, -0.1) is 0 Å². The van der Waals surface area contributed by atoms with Crippen LogP contribution in [0.4, 0.5) is 5.95 Å². The van der Waals surface area contributed by atoms with Crippen LogP contribution in [0, 0.1) is 5.92 Å². The Labute approximate surface area is 97.0 Å². The van der Waals surface area contributed by atoms with Crippen LogP contribution in [0.1, 0.15) is 26.2 Å². The topological polar surface area (TPSA) is 39.1 Å². The van der Waals surface area contributed by atoms with Crippen molar-refractivity contribution in [3.63, 3.8) is 0 Å². The summed E-state index contributed by atoms with van der Waals surface area (Å²) >= 11 is 0. The number of hydrogen-bond donors (Lipinski definition) is 1. The molecule has 1 N–H and O–H groups in total. The van der Waals surface area contributed by atoms with Crippen LogP contribution in [-0.4, -0.2) is 29.3 Å². The molecule has 1 aromatic rings. The molecule has 1 saturated heterocycles. The Bertz CT molecular complexity index is 305. The van der Waals surface area contributed by atoms with E-state index >= 15 is 0 Å². The monoisotopic (exact) mass is 223 g/mol. The van der Waals surface area contributed by atoms with E-state index < -0.39 is 0 Å². The fraction of sp³-hybridized carbons (Fsp3) is 0.750. The summed E-state index contributed by atoms with van der Waals surface area (Å²) in [5.41, 5.74) is 0. The predicted octanol–water partition coefficient (Wildman–Crippen LogP) is 2.13. The van der Waals surface area contributed by atoms with E-state index in [1.807, 2.05) is 12.4 Å². The summed E-state index contributed by atoms with van der Waals surface area (Å²) in [7, 11) is 0. The van der Waals surface area contributed by atoms with Gasteiger partial charge in [0.2, 0.25) is 5.95 Å². The molecular formula is C12H21N3O. The SMILES string of the molecule is CCCn1ccnc1NCC1CCCOC1. The molecule has 4 heteroatoms. The number of nitrogens with one attached hydrogen (secondary N) is 1. The van der Waals surface area contributed by atoms with Gasteiger partial charge in [0.1, 0.15) is 0 Å². The van der Waals surface area contributed by atoms with Gasteiger partial charge in [0.25, 0.3) is 0 Å². The van der Waals surface area contributed by atoms with Crippen molar-refractivity contribution in [3.8, 4) is 0 Å². The molecule has 0 aliphatic carbocycles. The number of imidazole rings is 1. The molecule has 2 heterocycles. The van der Waals surface area contributed by atoms with E-state index in [0.717, 1.165) is 38.7 Å². The molecule has 1 unspecified atom stereocenters. The highest BCUT2D eigenvalue weighted by Gasteiger charge is 2.14. The highest BCUT2D eigenvalue weighted by molar-refractivity contribution is 5.25. The lowest BCUT2D eigenvalue weighted by Gasteiger charge is -2.22. The van der Waals surface area contributed by atoms with Crippen LogP contribution >= 0.6 is 0 Å². The van der Waals surface area contributed by atoms with Crippen molar-refractivity contribution in [2.45, 2.75) is 32.7 Å². The minimum absolute atomic E-state index is 0.639. The first kappa shape index (κ1) is 11.5. The van der Waals surface area contributed by atoms with E-state index in [1.54, 1.807) is 0 Å². The number of hydrogen-bond acceptors (Lipinski definition) is 3. The molecule has 0 aromatic carbocycles. The number of aryl methyl sites for hydroxylation is 1. The molecule has 1 aromatic heterocycles. The van der Waals surface area contributed by atoms with Crippen molar-refractivity contribution in [1.82, 2.24) is 9.55 Å². The van der Waals surface area contributed by atoms with Crippen LogP contribution in [0.25, 0.3) is 0 Å². The Morgan fingerprint density at radius 1 is 1.62 bits per heavy atom. The highest BCUT2D eigenvalue weighted by atomic mass is 16.5. The van der Waals surface area contributed by atoms with Crippen molar-refractivity contribution in [2.75, 3.05) is 25.1 Å². The summed E-state index contributed by atoms with van der Waals surface area (Å²) in [4.78, 5) is 4.33. The molecular weight excluding hydrogens is 202 g/mol. The van der Waals surface area contributed by atoms with Crippen molar-refractivity contribution >= 4 is 5.95 Å². The fourth-order valence-corrected chi connectivity index (χ4v) is 2.10. The van der Waals surface area contributed by atoms with E-state index in [-0.39, 0.29) is 0 Å². The summed E-state index contributed by atoms with van der Waals surface area (Å²) < 4.78 is 7.63. The largest absolute Gasteiger partial charge is 0.381 e. The second kappa shape index (κ2) is 5.89. The Kier molecular flexibility index (Phi) is 4.22. The van der Waals surface area contributed by atoms with E-state index in [0.29, 0.717) is 5.92 Å². The Balaban J connectivity index is 1.81. The lowest BCUT2D eigenvalue weighted by atomic mass is 10.0. The Morgan fingerprint density at radius 2 is 2.56 bits per heavy atom. The van der Waals surface area contributed by atoms with Crippen LogP contribution in [0.2, 0.25) is 0 Å². The molecule has 0 spiro atoms. The van der Waals surface area contributed by atoms with Crippen LogP contribution in [0.15, 0.2) is 12.4 Å². The Morgan fingerprint density at radius 3 is 3.31 bits per heavy atom. The smallest absolute Gasteiger partial charge is 0.202 e. The van der Waals surface area contributed by atoms with Gasteiger partial charge in [0, 0.05) is 32.1 Å². The molecule has 0 bridgehead atoms. The van der Waals surface area contributed by atoms with Gasteiger partial charge in [-0.1, -0.05) is 6.92 Å². The van der Waals surface area contributed by atoms with Gasteiger partial charge in [0.15, 0.2) is 0 Å². The second-order valence-electron chi connectivity index (χ2n) is 4.41. The van der Waals surface area contributed by atoms with Crippen molar-refractivity contribution in [1.29, 1.82) is 0 Å². The molecule has 1 atom stereocenters. The Hall–Kier alpha value is -1.03. The molecule has 1 aliphatic rings. The van der Waals surface area contributed by atoms with Gasteiger partial charge < -0.3 is 14.6 Å². The lowest BCUT2D eigenvalue weighted by Crippen LogP contribution is -2.25. The molecule has 0 radical (unpaired) electrons. The third-order valence-electron chi connectivity index (χ3n) is 2.98. The number of anilines is 1. The maximum Gasteiger partial charge on any atom is 0.202 e. The number of ether oxygens (including phenoxy) is 1. The summed E-state index contributed by atoms with van der Waals surface area (Å²) in [6, 6.07) is 0. The number of rotatable bonds is 5. The second-order valence-corrected chi connectivity index (χ2v) is 4.41. The summed E-state index contributed by atoms with van der Waals surface area (Å²) in [5, 5.41) is 3.42. The molecule has 2 rings (SSSR count). The summed E-state index contributed by atoms with van der Waals surface area (Å²) in [6.07, 6.45) is 7.48. The van der Waals surface area contributed by atoms with Gasteiger partial charge in [-0.2, -0.15) is 0 Å². The van der Waals surface area contributed by atoms with Crippen LogP contribution in [0.5, 0.6) is 0 Å². The standard InChI is InChI=1S/C12H21N3O/c1-2-6-15-7-5-13-12(15)14-9-11-4-3-8-16-10-11/h5,7,11H,2-4,6,8-10H2,1H3,(H,13,14). The number of aromatic nitrogens is 2.